The lowest BCUT2D eigenvalue weighted by Crippen LogP contribution is -2.23. The average molecular weight is 482 g/mol. The molecule has 0 saturated carbocycles. The van der Waals surface area contributed by atoms with Crippen LogP contribution in [0.1, 0.15) is 12.0 Å². The van der Waals surface area contributed by atoms with Gasteiger partial charge in [0, 0.05) is 17.8 Å². The first kappa shape index (κ1) is 20.8. The molecule has 0 aliphatic carbocycles. The Morgan fingerprint density at radius 2 is 1.93 bits per heavy atom. The molecular formula is C19H23IN4O3. The van der Waals surface area contributed by atoms with E-state index in [0.717, 1.165) is 34.9 Å². The monoisotopic (exact) mass is 482 g/mol. The minimum Gasteiger partial charge on any atom is -0.497 e. The summed E-state index contributed by atoms with van der Waals surface area (Å²) in [6.07, 6.45) is 1.24. The number of carbonyl (C=O) groups excluding carboxylic acids is 1. The van der Waals surface area contributed by atoms with E-state index in [-0.39, 0.29) is 29.9 Å². The van der Waals surface area contributed by atoms with Gasteiger partial charge in [-0.1, -0.05) is 0 Å². The lowest BCUT2D eigenvalue weighted by atomic mass is 10.0. The number of amides is 1. The van der Waals surface area contributed by atoms with E-state index in [0.29, 0.717) is 25.5 Å². The summed E-state index contributed by atoms with van der Waals surface area (Å²) in [5.74, 6) is 1.92. The summed E-state index contributed by atoms with van der Waals surface area (Å²) in [6, 6.07) is 13.1. The second-order valence-electron chi connectivity index (χ2n) is 5.84. The number of ether oxygens (including phenoxy) is 2. The molecular weight excluding hydrogens is 459 g/mol. The van der Waals surface area contributed by atoms with E-state index < -0.39 is 0 Å². The fourth-order valence-electron chi connectivity index (χ4n) is 2.64. The van der Waals surface area contributed by atoms with Crippen molar-refractivity contribution in [3.63, 3.8) is 0 Å². The first-order valence-corrected chi connectivity index (χ1v) is 8.40. The number of nitrogens with zero attached hydrogens (tertiary/aromatic N) is 1. The zero-order valence-corrected chi connectivity index (χ0v) is 17.4. The number of anilines is 2. The Kier molecular flexibility index (Phi) is 7.71. The highest BCUT2D eigenvalue weighted by molar-refractivity contribution is 14.0. The van der Waals surface area contributed by atoms with E-state index in [2.05, 4.69) is 15.6 Å². The number of hydrogen-bond donors (Lipinski definition) is 3. The molecule has 0 radical (unpaired) electrons. The summed E-state index contributed by atoms with van der Waals surface area (Å²) >= 11 is 0. The van der Waals surface area contributed by atoms with Crippen LogP contribution in [0.4, 0.5) is 11.4 Å². The van der Waals surface area contributed by atoms with Crippen LogP contribution in [0.3, 0.4) is 0 Å². The molecule has 0 fully saturated rings. The Balaban J connectivity index is 0.00000261. The number of fused-ring (bicyclic) bond motifs is 1. The van der Waals surface area contributed by atoms with E-state index in [1.54, 1.807) is 7.11 Å². The second-order valence-corrected chi connectivity index (χ2v) is 5.84. The first-order chi connectivity index (χ1) is 12.6. The van der Waals surface area contributed by atoms with Crippen molar-refractivity contribution in [3.8, 4) is 11.5 Å². The topological polar surface area (TPSA) is 98.0 Å². The predicted molar refractivity (Wildman–Crippen MR) is 117 cm³/mol. The fraction of sp³-hybridized carbons (Fsp3) is 0.263. The highest BCUT2D eigenvalue weighted by Gasteiger charge is 2.14. The third-order valence-corrected chi connectivity index (χ3v) is 3.98. The number of methoxy groups -OCH3 is 1. The highest BCUT2D eigenvalue weighted by atomic mass is 127. The Labute approximate surface area is 175 Å². The highest BCUT2D eigenvalue weighted by Crippen LogP contribution is 2.26. The Hall–Kier alpha value is -2.49. The third kappa shape index (κ3) is 6.02. The van der Waals surface area contributed by atoms with Gasteiger partial charge >= 0.3 is 0 Å². The van der Waals surface area contributed by atoms with E-state index in [1.165, 1.54) is 0 Å². The molecule has 4 N–H and O–H groups in total. The normalized spacial score (nSPS) is 13.1. The van der Waals surface area contributed by atoms with E-state index >= 15 is 0 Å². The zero-order chi connectivity index (χ0) is 18.4. The molecule has 8 heteroatoms. The zero-order valence-electron chi connectivity index (χ0n) is 15.0. The van der Waals surface area contributed by atoms with E-state index in [4.69, 9.17) is 15.2 Å². The Bertz CT molecular complexity index is 809. The first-order valence-electron chi connectivity index (χ1n) is 8.40. The van der Waals surface area contributed by atoms with Gasteiger partial charge in [0.15, 0.2) is 5.96 Å². The molecule has 0 unspecified atom stereocenters. The number of aryl methyl sites for hydroxylation is 1. The van der Waals surface area contributed by atoms with Gasteiger partial charge in [0.05, 0.1) is 13.7 Å². The number of halogens is 1. The molecule has 0 saturated heterocycles. The number of hydrogen-bond acceptors (Lipinski definition) is 4. The van der Waals surface area contributed by atoms with Gasteiger partial charge in [0.2, 0.25) is 5.91 Å². The van der Waals surface area contributed by atoms with Crippen LogP contribution in [0.2, 0.25) is 0 Å². The molecule has 27 heavy (non-hydrogen) atoms. The third-order valence-electron chi connectivity index (χ3n) is 3.98. The van der Waals surface area contributed by atoms with Crippen molar-refractivity contribution in [1.82, 2.24) is 0 Å². The van der Waals surface area contributed by atoms with Crippen molar-refractivity contribution in [3.05, 3.63) is 48.0 Å². The largest absolute Gasteiger partial charge is 0.497 e. The number of rotatable bonds is 6. The smallest absolute Gasteiger partial charge is 0.224 e. The van der Waals surface area contributed by atoms with Gasteiger partial charge in [-0.25, -0.2) is 4.99 Å². The van der Waals surface area contributed by atoms with E-state index in [1.807, 2.05) is 42.5 Å². The standard InChI is InChI=1S/C19H22N4O3.HI/c1-25-15-5-3-14(4-6-15)22-19(20)21-10-11-26-16-7-8-17-13(12-16)2-9-18(24)23-17;/h3-8,12H,2,9-11H2,1H3,(H,23,24)(H3,20,21,22);1H. The van der Waals surface area contributed by atoms with Crippen LogP contribution in [0.15, 0.2) is 47.5 Å². The number of nitrogens with two attached hydrogens (primary N) is 1. The van der Waals surface area contributed by atoms with Gasteiger partial charge in [-0.05, 0) is 54.4 Å². The van der Waals surface area contributed by atoms with Crippen LogP contribution in [0.5, 0.6) is 11.5 Å². The van der Waals surface area contributed by atoms with Crippen molar-refractivity contribution in [2.75, 3.05) is 30.9 Å². The summed E-state index contributed by atoms with van der Waals surface area (Å²) in [6.45, 7) is 0.846. The fourth-order valence-corrected chi connectivity index (χ4v) is 2.64. The number of guanidine groups is 1. The molecule has 0 spiro atoms. The maximum atomic E-state index is 11.4. The molecule has 1 aliphatic rings. The van der Waals surface area contributed by atoms with Crippen molar-refractivity contribution >= 4 is 47.2 Å². The molecule has 0 aromatic heterocycles. The number of nitrogens with one attached hydrogen (secondary N) is 2. The average Bonchev–Trinajstić information content (AvgIpc) is 2.66. The summed E-state index contributed by atoms with van der Waals surface area (Å²) in [7, 11) is 1.62. The number of carbonyl (C=O) groups is 1. The van der Waals surface area contributed by atoms with Gasteiger partial charge in [0.25, 0.3) is 0 Å². The van der Waals surface area contributed by atoms with Gasteiger partial charge in [0.1, 0.15) is 18.1 Å². The second kappa shape index (κ2) is 10.0. The molecule has 1 amide bonds. The van der Waals surface area contributed by atoms with Crippen molar-refractivity contribution in [2.45, 2.75) is 12.8 Å². The van der Waals surface area contributed by atoms with Crippen molar-refractivity contribution < 1.29 is 14.3 Å². The van der Waals surface area contributed by atoms with Crippen LogP contribution in [0, 0.1) is 0 Å². The molecule has 1 aliphatic heterocycles. The van der Waals surface area contributed by atoms with Crippen LogP contribution in [0.25, 0.3) is 0 Å². The number of aliphatic imine (C=N–C) groups is 1. The SMILES string of the molecule is COc1ccc(NC(N)=NCCOc2ccc3c(c2)CCC(=O)N3)cc1.I. The van der Waals surface area contributed by atoms with E-state index in [9.17, 15) is 4.79 Å². The summed E-state index contributed by atoms with van der Waals surface area (Å²) in [5.41, 5.74) is 8.66. The van der Waals surface area contributed by atoms with Crippen LogP contribution in [-0.2, 0) is 11.2 Å². The maximum Gasteiger partial charge on any atom is 0.224 e. The molecule has 0 bridgehead atoms. The molecule has 7 nitrogen and oxygen atoms in total. The molecule has 2 aromatic rings. The molecule has 2 aromatic carbocycles. The van der Waals surface area contributed by atoms with Crippen LogP contribution in [-0.4, -0.2) is 32.1 Å². The molecule has 1 heterocycles. The summed E-state index contributed by atoms with van der Waals surface area (Å²) in [5, 5.41) is 5.86. The van der Waals surface area contributed by atoms with Gasteiger partial charge < -0.3 is 25.8 Å². The van der Waals surface area contributed by atoms with Gasteiger partial charge in [-0.3, -0.25) is 4.79 Å². The maximum absolute atomic E-state index is 11.4. The van der Waals surface area contributed by atoms with Gasteiger partial charge in [-0.2, -0.15) is 0 Å². The van der Waals surface area contributed by atoms with Crippen LogP contribution < -0.4 is 25.8 Å². The summed E-state index contributed by atoms with van der Waals surface area (Å²) < 4.78 is 10.8. The summed E-state index contributed by atoms with van der Waals surface area (Å²) in [4.78, 5) is 15.6. The van der Waals surface area contributed by atoms with Crippen LogP contribution >= 0.6 is 24.0 Å². The predicted octanol–water partition coefficient (Wildman–Crippen LogP) is 3.00. The molecule has 144 valence electrons. The molecule has 3 rings (SSSR count). The lowest BCUT2D eigenvalue weighted by Gasteiger charge is -2.17. The number of benzene rings is 2. The lowest BCUT2D eigenvalue weighted by molar-refractivity contribution is -0.116. The molecule has 0 atom stereocenters. The minimum absolute atomic E-state index is 0. The Morgan fingerprint density at radius 1 is 1.19 bits per heavy atom. The minimum atomic E-state index is 0. The van der Waals surface area contributed by atoms with Crippen molar-refractivity contribution in [2.24, 2.45) is 10.7 Å². The van der Waals surface area contributed by atoms with Gasteiger partial charge in [-0.15, -0.1) is 24.0 Å². The quantitative estimate of drug-likeness (QED) is 0.255. The Morgan fingerprint density at radius 3 is 2.67 bits per heavy atom. The van der Waals surface area contributed by atoms with Crippen molar-refractivity contribution in [1.29, 1.82) is 0 Å².